The van der Waals surface area contributed by atoms with Crippen molar-refractivity contribution in [3.63, 3.8) is 0 Å². The van der Waals surface area contributed by atoms with Crippen molar-refractivity contribution in [2.24, 2.45) is 7.05 Å². The van der Waals surface area contributed by atoms with Gasteiger partial charge in [0.05, 0.1) is 23.7 Å². The van der Waals surface area contributed by atoms with Crippen LogP contribution in [0.25, 0.3) is 11.0 Å². The molecule has 0 atom stereocenters. The van der Waals surface area contributed by atoms with Crippen LogP contribution < -0.4 is 14.2 Å². The summed E-state index contributed by atoms with van der Waals surface area (Å²) < 4.78 is 19.1. The number of fused-ring (bicyclic) bond motifs is 1. The Morgan fingerprint density at radius 3 is 2.58 bits per heavy atom. The number of carbonyl (C=O) groups is 1. The van der Waals surface area contributed by atoms with Crippen LogP contribution >= 0.6 is 0 Å². The largest absolute Gasteiger partial charge is 0.496 e. The molecule has 4 aromatic rings. The molecular weight excluding hydrogens is 396 g/mol. The van der Waals surface area contributed by atoms with E-state index in [1.165, 1.54) is 12.1 Å². The first-order valence-corrected chi connectivity index (χ1v) is 9.68. The molecule has 4 rings (SSSR count). The lowest BCUT2D eigenvalue weighted by Crippen LogP contribution is -2.04. The van der Waals surface area contributed by atoms with E-state index in [9.17, 15) is 4.79 Å². The van der Waals surface area contributed by atoms with Gasteiger partial charge in [-0.3, -0.25) is 0 Å². The molecule has 1 heterocycles. The molecule has 0 saturated carbocycles. The lowest BCUT2D eigenvalue weighted by molar-refractivity contribution is 0.0696. The normalized spacial score (nSPS) is 10.8. The zero-order valence-electron chi connectivity index (χ0n) is 17.5. The fourth-order valence-corrected chi connectivity index (χ4v) is 3.28. The summed E-state index contributed by atoms with van der Waals surface area (Å²) in [5.41, 5.74) is 2.93. The Bertz CT molecular complexity index is 1260. The summed E-state index contributed by atoms with van der Waals surface area (Å²) in [6, 6.07) is 17.8. The van der Waals surface area contributed by atoms with Crippen LogP contribution in [0.5, 0.6) is 23.0 Å². The molecule has 0 aliphatic carbocycles. The fourth-order valence-electron chi connectivity index (χ4n) is 3.28. The average molecular weight is 418 g/mol. The third-order valence-electron chi connectivity index (χ3n) is 5.01. The molecular formula is C24H22N2O5. The first-order valence-electron chi connectivity index (χ1n) is 9.68. The minimum atomic E-state index is -0.994. The Hall–Kier alpha value is -4.00. The average Bonchev–Trinajstić information content (AvgIpc) is 3.09. The van der Waals surface area contributed by atoms with Crippen LogP contribution in [0, 0.1) is 6.92 Å². The number of imidazole rings is 1. The molecule has 0 fully saturated rings. The van der Waals surface area contributed by atoms with E-state index in [4.69, 9.17) is 19.3 Å². The van der Waals surface area contributed by atoms with Crippen LogP contribution in [0.3, 0.4) is 0 Å². The van der Waals surface area contributed by atoms with Gasteiger partial charge in [0.1, 0.15) is 35.4 Å². The standard InChI is InChI=1S/C24H22N2O5/c1-15-7-8-19(13-22(15)29-3)31-18-9-10-20-21(12-18)26(2)23(25-20)14-30-17-6-4-5-16(11-17)24(27)28/h4-13H,14H2,1-3H3,(H,27,28). The second kappa shape index (κ2) is 8.39. The second-order valence-corrected chi connectivity index (χ2v) is 7.09. The van der Waals surface area contributed by atoms with Crippen molar-refractivity contribution in [1.29, 1.82) is 0 Å². The maximum Gasteiger partial charge on any atom is 0.335 e. The van der Waals surface area contributed by atoms with Crippen molar-refractivity contribution >= 4 is 17.0 Å². The molecule has 0 spiro atoms. The van der Waals surface area contributed by atoms with E-state index in [-0.39, 0.29) is 12.2 Å². The highest BCUT2D eigenvalue weighted by Crippen LogP contribution is 2.30. The number of hydrogen-bond acceptors (Lipinski definition) is 5. The third-order valence-corrected chi connectivity index (χ3v) is 5.01. The minimum Gasteiger partial charge on any atom is -0.496 e. The quantitative estimate of drug-likeness (QED) is 0.457. The highest BCUT2D eigenvalue weighted by atomic mass is 16.5. The van der Waals surface area contributed by atoms with Gasteiger partial charge in [-0.2, -0.15) is 0 Å². The van der Waals surface area contributed by atoms with E-state index in [0.717, 1.165) is 22.3 Å². The number of aryl methyl sites for hydroxylation is 2. The number of ether oxygens (including phenoxy) is 3. The molecule has 7 heteroatoms. The van der Waals surface area contributed by atoms with E-state index in [2.05, 4.69) is 4.98 Å². The smallest absolute Gasteiger partial charge is 0.335 e. The van der Waals surface area contributed by atoms with Gasteiger partial charge in [0.15, 0.2) is 0 Å². The fraction of sp³-hybridized carbons (Fsp3) is 0.167. The first kappa shape index (κ1) is 20.3. The number of nitrogens with zero attached hydrogens (tertiary/aromatic N) is 2. The van der Waals surface area contributed by atoms with Gasteiger partial charge in [-0.05, 0) is 48.9 Å². The van der Waals surface area contributed by atoms with E-state index in [1.54, 1.807) is 19.2 Å². The van der Waals surface area contributed by atoms with E-state index < -0.39 is 5.97 Å². The van der Waals surface area contributed by atoms with Crippen LogP contribution in [0.15, 0.2) is 60.7 Å². The summed E-state index contributed by atoms with van der Waals surface area (Å²) in [6.45, 7) is 2.19. The highest BCUT2D eigenvalue weighted by molar-refractivity contribution is 5.88. The lowest BCUT2D eigenvalue weighted by atomic mass is 10.2. The molecule has 0 saturated heterocycles. The van der Waals surface area contributed by atoms with E-state index in [1.807, 2.05) is 54.9 Å². The number of benzene rings is 3. The Balaban J connectivity index is 1.54. The number of hydrogen-bond donors (Lipinski definition) is 1. The zero-order chi connectivity index (χ0) is 22.0. The maximum absolute atomic E-state index is 11.1. The number of methoxy groups -OCH3 is 1. The Morgan fingerprint density at radius 2 is 1.81 bits per heavy atom. The number of carboxylic acids is 1. The number of carboxylic acid groups (broad SMARTS) is 1. The van der Waals surface area contributed by atoms with Gasteiger partial charge in [-0.1, -0.05) is 12.1 Å². The van der Waals surface area contributed by atoms with Gasteiger partial charge in [-0.25, -0.2) is 9.78 Å². The molecule has 0 aliphatic rings. The van der Waals surface area contributed by atoms with Gasteiger partial charge >= 0.3 is 5.97 Å². The number of aromatic carboxylic acids is 1. The molecule has 0 unspecified atom stereocenters. The Morgan fingerprint density at radius 1 is 1.03 bits per heavy atom. The molecule has 0 bridgehead atoms. The monoisotopic (exact) mass is 418 g/mol. The van der Waals surface area contributed by atoms with Gasteiger partial charge in [0.25, 0.3) is 0 Å². The van der Waals surface area contributed by atoms with Crippen molar-refractivity contribution in [3.05, 3.63) is 77.6 Å². The topological polar surface area (TPSA) is 82.8 Å². The Kier molecular flexibility index (Phi) is 5.49. The van der Waals surface area contributed by atoms with E-state index in [0.29, 0.717) is 23.1 Å². The lowest BCUT2D eigenvalue weighted by Gasteiger charge is -2.10. The van der Waals surface area contributed by atoms with Crippen molar-refractivity contribution in [1.82, 2.24) is 9.55 Å². The van der Waals surface area contributed by atoms with Crippen molar-refractivity contribution in [3.8, 4) is 23.0 Å². The highest BCUT2D eigenvalue weighted by Gasteiger charge is 2.11. The molecule has 0 aliphatic heterocycles. The SMILES string of the molecule is COc1cc(Oc2ccc3nc(COc4cccc(C(=O)O)c4)n(C)c3c2)ccc1C. The summed E-state index contributed by atoms with van der Waals surface area (Å²) in [4.78, 5) is 15.7. The van der Waals surface area contributed by atoms with Crippen molar-refractivity contribution < 1.29 is 24.1 Å². The van der Waals surface area contributed by atoms with E-state index >= 15 is 0 Å². The molecule has 7 nitrogen and oxygen atoms in total. The number of aromatic nitrogens is 2. The molecule has 158 valence electrons. The van der Waals surface area contributed by atoms with Gasteiger partial charge < -0.3 is 23.9 Å². The molecule has 0 amide bonds. The minimum absolute atomic E-state index is 0.178. The molecule has 1 aromatic heterocycles. The summed E-state index contributed by atoms with van der Waals surface area (Å²) >= 11 is 0. The number of rotatable bonds is 7. The zero-order valence-corrected chi connectivity index (χ0v) is 17.5. The summed E-state index contributed by atoms with van der Waals surface area (Å²) in [5.74, 6) is 2.33. The maximum atomic E-state index is 11.1. The summed E-state index contributed by atoms with van der Waals surface area (Å²) in [5, 5.41) is 9.12. The molecule has 0 radical (unpaired) electrons. The predicted octanol–water partition coefficient (Wildman–Crippen LogP) is 4.96. The second-order valence-electron chi connectivity index (χ2n) is 7.09. The summed E-state index contributed by atoms with van der Waals surface area (Å²) in [7, 11) is 3.54. The van der Waals surface area contributed by atoms with Crippen LogP contribution in [-0.2, 0) is 13.7 Å². The van der Waals surface area contributed by atoms with Gasteiger partial charge in [0, 0.05) is 19.2 Å². The molecule has 31 heavy (non-hydrogen) atoms. The third kappa shape index (κ3) is 4.30. The first-order chi connectivity index (χ1) is 14.9. The summed E-state index contributed by atoms with van der Waals surface area (Å²) in [6.07, 6.45) is 0. The molecule has 3 aromatic carbocycles. The van der Waals surface area contributed by atoms with Crippen LogP contribution in [0.2, 0.25) is 0 Å². The van der Waals surface area contributed by atoms with Crippen LogP contribution in [0.4, 0.5) is 0 Å². The predicted molar refractivity (Wildman–Crippen MR) is 116 cm³/mol. The van der Waals surface area contributed by atoms with Gasteiger partial charge in [-0.15, -0.1) is 0 Å². The van der Waals surface area contributed by atoms with Gasteiger partial charge in [0.2, 0.25) is 0 Å². The van der Waals surface area contributed by atoms with Crippen LogP contribution in [-0.4, -0.2) is 27.7 Å². The Labute approximate surface area is 179 Å². The van der Waals surface area contributed by atoms with Crippen molar-refractivity contribution in [2.45, 2.75) is 13.5 Å². The molecule has 1 N–H and O–H groups in total. The van der Waals surface area contributed by atoms with Crippen LogP contribution in [0.1, 0.15) is 21.7 Å². The van der Waals surface area contributed by atoms with Crippen molar-refractivity contribution in [2.75, 3.05) is 7.11 Å².